The number of ether oxygens (including phenoxy) is 2. The first-order valence-electron chi connectivity index (χ1n) is 8.86. The van der Waals surface area contributed by atoms with Crippen LogP contribution in [0, 0.1) is 0 Å². The van der Waals surface area contributed by atoms with Gasteiger partial charge in [-0.2, -0.15) is 0 Å². The number of oxime groups is 1. The molecule has 0 saturated carbocycles. The lowest BCUT2D eigenvalue weighted by Gasteiger charge is -2.26. The Bertz CT molecular complexity index is 980. The van der Waals surface area contributed by atoms with Crippen molar-refractivity contribution in [2.24, 2.45) is 5.16 Å². The zero-order valence-corrected chi connectivity index (χ0v) is 15.4. The Morgan fingerprint density at radius 2 is 2.22 bits per heavy atom. The molecule has 0 saturated heterocycles. The summed E-state index contributed by atoms with van der Waals surface area (Å²) in [7, 11) is 4.00. The molecular formula is C20H22N4O3. The van der Waals surface area contributed by atoms with Crippen LogP contribution in [0.1, 0.15) is 23.8 Å². The largest absolute Gasteiger partial charge is 0.492 e. The average molecular weight is 366 g/mol. The first-order chi connectivity index (χ1) is 13.1. The molecule has 1 aromatic carbocycles. The maximum Gasteiger partial charge on any atom is 0.146 e. The molecule has 7 heteroatoms. The van der Waals surface area contributed by atoms with E-state index in [2.05, 4.69) is 15.0 Å². The minimum Gasteiger partial charge on any atom is -0.492 e. The molecular weight excluding hydrogens is 344 g/mol. The summed E-state index contributed by atoms with van der Waals surface area (Å²) in [6, 6.07) is 11.6. The Labute approximate surface area is 157 Å². The van der Waals surface area contributed by atoms with Crippen LogP contribution in [0.5, 0.6) is 11.5 Å². The zero-order chi connectivity index (χ0) is 18.8. The number of hydrogen-bond acceptors (Lipinski definition) is 6. The summed E-state index contributed by atoms with van der Waals surface area (Å²) in [5, 5.41) is 13.0. The summed E-state index contributed by atoms with van der Waals surface area (Å²) in [4.78, 5) is 6.55. The summed E-state index contributed by atoms with van der Waals surface area (Å²) in [6.07, 6.45) is 3.85. The van der Waals surface area contributed by atoms with E-state index in [9.17, 15) is 5.21 Å². The Morgan fingerprint density at radius 3 is 3.04 bits per heavy atom. The second kappa shape index (κ2) is 7.28. The van der Waals surface area contributed by atoms with E-state index in [1.165, 1.54) is 0 Å². The van der Waals surface area contributed by atoms with E-state index in [1.807, 2.05) is 61.1 Å². The van der Waals surface area contributed by atoms with Crippen LogP contribution in [0.4, 0.5) is 0 Å². The molecule has 0 radical (unpaired) electrons. The predicted molar refractivity (Wildman–Crippen MR) is 102 cm³/mol. The van der Waals surface area contributed by atoms with Gasteiger partial charge in [0.1, 0.15) is 24.2 Å². The molecule has 1 N–H and O–H groups in total. The smallest absolute Gasteiger partial charge is 0.146 e. The molecule has 3 aromatic rings. The summed E-state index contributed by atoms with van der Waals surface area (Å²) >= 11 is 0. The Morgan fingerprint density at radius 1 is 1.33 bits per heavy atom. The van der Waals surface area contributed by atoms with Crippen molar-refractivity contribution in [1.29, 1.82) is 0 Å². The van der Waals surface area contributed by atoms with E-state index < -0.39 is 0 Å². The van der Waals surface area contributed by atoms with Crippen molar-refractivity contribution >= 4 is 11.2 Å². The number of hydrogen-bond donors (Lipinski definition) is 1. The molecule has 27 heavy (non-hydrogen) atoms. The average Bonchev–Trinajstić information content (AvgIpc) is 3.14. The molecule has 1 atom stereocenters. The van der Waals surface area contributed by atoms with E-state index in [0.717, 1.165) is 29.1 Å². The van der Waals surface area contributed by atoms with Crippen LogP contribution in [0.2, 0.25) is 0 Å². The van der Waals surface area contributed by atoms with Crippen molar-refractivity contribution in [1.82, 2.24) is 14.3 Å². The van der Waals surface area contributed by atoms with Gasteiger partial charge in [0.25, 0.3) is 0 Å². The van der Waals surface area contributed by atoms with Crippen LogP contribution < -0.4 is 9.47 Å². The third-order valence-corrected chi connectivity index (χ3v) is 4.61. The molecule has 1 aliphatic heterocycles. The van der Waals surface area contributed by atoms with Gasteiger partial charge in [0.05, 0.1) is 17.7 Å². The summed E-state index contributed by atoms with van der Waals surface area (Å²) < 4.78 is 13.9. The quantitative estimate of drug-likeness (QED) is 0.555. The van der Waals surface area contributed by atoms with E-state index in [1.54, 1.807) is 6.33 Å². The number of fused-ring (bicyclic) bond motifs is 2. The maximum absolute atomic E-state index is 9.54. The SMILES string of the molecule is CN(C)CCOc1ccc2c(c1)/C(=N/O)CC(c1cc3cccn3cn1)O2. The standard InChI is InChI=1S/C20H22N4O3/c1-23(2)8-9-26-15-5-6-19-16(11-15)17(22-25)12-20(27-19)18-10-14-4-3-7-24(14)13-21-18/h3-7,10-11,13,20,25H,8-9,12H2,1-2H3/b22-17+. The molecule has 4 rings (SSSR count). The van der Waals surface area contributed by atoms with Gasteiger partial charge in [0.2, 0.25) is 0 Å². The highest BCUT2D eigenvalue weighted by Gasteiger charge is 2.28. The van der Waals surface area contributed by atoms with Gasteiger partial charge in [0, 0.05) is 30.2 Å². The highest BCUT2D eigenvalue weighted by atomic mass is 16.5. The number of aromatic nitrogens is 2. The van der Waals surface area contributed by atoms with Crippen LogP contribution in [0.3, 0.4) is 0 Å². The van der Waals surface area contributed by atoms with E-state index >= 15 is 0 Å². The lowest BCUT2D eigenvalue weighted by Crippen LogP contribution is -2.22. The van der Waals surface area contributed by atoms with Crippen molar-refractivity contribution in [3.05, 3.63) is 60.2 Å². The van der Waals surface area contributed by atoms with Gasteiger partial charge in [-0.3, -0.25) is 0 Å². The fraction of sp³-hybridized carbons (Fsp3) is 0.300. The Balaban J connectivity index is 1.58. The monoisotopic (exact) mass is 366 g/mol. The third kappa shape index (κ3) is 3.59. The van der Waals surface area contributed by atoms with Gasteiger partial charge < -0.3 is 24.0 Å². The third-order valence-electron chi connectivity index (χ3n) is 4.61. The molecule has 0 amide bonds. The van der Waals surface area contributed by atoms with Gasteiger partial charge in [0.15, 0.2) is 0 Å². The molecule has 0 aliphatic carbocycles. The van der Waals surface area contributed by atoms with Crippen molar-refractivity contribution in [3.63, 3.8) is 0 Å². The van der Waals surface area contributed by atoms with Crippen LogP contribution >= 0.6 is 0 Å². The van der Waals surface area contributed by atoms with Gasteiger partial charge in [-0.05, 0) is 50.5 Å². The van der Waals surface area contributed by atoms with E-state index in [-0.39, 0.29) is 6.10 Å². The van der Waals surface area contributed by atoms with Crippen molar-refractivity contribution in [3.8, 4) is 11.5 Å². The van der Waals surface area contributed by atoms with Crippen LogP contribution in [0.25, 0.3) is 5.52 Å². The summed E-state index contributed by atoms with van der Waals surface area (Å²) in [5.41, 5.74) is 3.16. The van der Waals surface area contributed by atoms with Gasteiger partial charge in [-0.1, -0.05) is 5.16 Å². The molecule has 0 bridgehead atoms. The normalized spacial score (nSPS) is 17.9. The molecule has 1 aliphatic rings. The first-order valence-corrected chi connectivity index (χ1v) is 8.86. The fourth-order valence-electron chi connectivity index (χ4n) is 3.14. The molecule has 3 heterocycles. The molecule has 7 nitrogen and oxygen atoms in total. The first kappa shape index (κ1) is 17.4. The molecule has 0 spiro atoms. The van der Waals surface area contributed by atoms with Crippen molar-refractivity contribution in [2.75, 3.05) is 27.2 Å². The Hall–Kier alpha value is -3.06. The highest BCUT2D eigenvalue weighted by molar-refractivity contribution is 6.04. The van der Waals surface area contributed by atoms with Crippen LogP contribution in [-0.4, -0.2) is 52.5 Å². The number of nitrogens with zero attached hydrogens (tertiary/aromatic N) is 4. The Kier molecular flexibility index (Phi) is 4.68. The number of rotatable bonds is 5. The zero-order valence-electron chi connectivity index (χ0n) is 15.4. The minimum atomic E-state index is -0.302. The minimum absolute atomic E-state index is 0.302. The highest BCUT2D eigenvalue weighted by Crippen LogP contribution is 2.36. The molecule has 1 unspecified atom stereocenters. The second-order valence-electron chi connectivity index (χ2n) is 6.82. The molecule has 0 fully saturated rings. The number of benzene rings is 1. The predicted octanol–water partition coefficient (Wildman–Crippen LogP) is 2.98. The lowest BCUT2D eigenvalue weighted by molar-refractivity contribution is 0.197. The lowest BCUT2D eigenvalue weighted by atomic mass is 9.97. The summed E-state index contributed by atoms with van der Waals surface area (Å²) in [6.45, 7) is 1.41. The molecule has 140 valence electrons. The van der Waals surface area contributed by atoms with Gasteiger partial charge in [-0.15, -0.1) is 0 Å². The van der Waals surface area contributed by atoms with Crippen molar-refractivity contribution < 1.29 is 14.7 Å². The second-order valence-corrected chi connectivity index (χ2v) is 6.82. The van der Waals surface area contributed by atoms with Gasteiger partial charge >= 0.3 is 0 Å². The topological polar surface area (TPSA) is 71.6 Å². The van der Waals surface area contributed by atoms with E-state index in [4.69, 9.17) is 9.47 Å². The van der Waals surface area contributed by atoms with Crippen LogP contribution in [-0.2, 0) is 0 Å². The molecule has 2 aromatic heterocycles. The summed E-state index contributed by atoms with van der Waals surface area (Å²) in [5.74, 6) is 1.39. The number of likely N-dealkylation sites (N-methyl/N-ethyl adjacent to an activating group) is 1. The van der Waals surface area contributed by atoms with Crippen LogP contribution in [0.15, 0.2) is 54.1 Å². The fourth-order valence-corrected chi connectivity index (χ4v) is 3.14. The van der Waals surface area contributed by atoms with Gasteiger partial charge in [-0.25, -0.2) is 4.98 Å². The van der Waals surface area contributed by atoms with Crippen molar-refractivity contribution in [2.45, 2.75) is 12.5 Å². The van der Waals surface area contributed by atoms with E-state index in [0.29, 0.717) is 24.5 Å². The maximum atomic E-state index is 9.54.